The summed E-state index contributed by atoms with van der Waals surface area (Å²) >= 11 is 0. The minimum absolute atomic E-state index is 0.0755. The summed E-state index contributed by atoms with van der Waals surface area (Å²) in [4.78, 5) is 14.0. The fourth-order valence-electron chi connectivity index (χ4n) is 3.47. The van der Waals surface area contributed by atoms with Gasteiger partial charge in [0.15, 0.2) is 0 Å². The zero-order valence-electron chi connectivity index (χ0n) is 15.7. The lowest BCUT2D eigenvalue weighted by molar-refractivity contribution is -0.124. The molecule has 0 saturated carbocycles. The van der Waals surface area contributed by atoms with Gasteiger partial charge in [-0.15, -0.1) is 0 Å². The lowest BCUT2D eigenvalue weighted by atomic mass is 10.0. The maximum absolute atomic E-state index is 11.6. The molecule has 0 radical (unpaired) electrons. The number of amides is 1. The first kappa shape index (κ1) is 18.6. The summed E-state index contributed by atoms with van der Waals surface area (Å²) in [5.74, 6) is 1.21. The van der Waals surface area contributed by atoms with Gasteiger partial charge in [-0.2, -0.15) is 5.10 Å². The Hall–Kier alpha value is -2.19. The van der Waals surface area contributed by atoms with E-state index in [1.165, 1.54) is 12.8 Å². The van der Waals surface area contributed by atoms with Crippen molar-refractivity contribution < 1.29 is 14.1 Å². The van der Waals surface area contributed by atoms with Gasteiger partial charge in [0, 0.05) is 51.6 Å². The predicted octanol–water partition coefficient (Wildman–Crippen LogP) is 1.27. The smallest absolute Gasteiger partial charge is 0.245 e. The van der Waals surface area contributed by atoms with Crippen LogP contribution in [0.2, 0.25) is 0 Å². The monoisotopic (exact) mass is 361 g/mol. The van der Waals surface area contributed by atoms with Crippen molar-refractivity contribution >= 4 is 5.91 Å². The predicted molar refractivity (Wildman–Crippen MR) is 95.3 cm³/mol. The molecule has 0 aliphatic carbocycles. The molecule has 1 atom stereocenters. The van der Waals surface area contributed by atoms with E-state index in [9.17, 15) is 4.79 Å². The van der Waals surface area contributed by atoms with Gasteiger partial charge in [0.25, 0.3) is 0 Å². The number of carbonyl (C=O) groups excluding carboxylic acids is 1. The average Bonchev–Trinajstić information content (AvgIpc) is 3.11. The van der Waals surface area contributed by atoms with E-state index in [0.29, 0.717) is 12.5 Å². The third kappa shape index (κ3) is 4.50. The van der Waals surface area contributed by atoms with Crippen molar-refractivity contribution in [2.24, 2.45) is 5.92 Å². The molecule has 0 saturated heterocycles. The average molecular weight is 361 g/mol. The molecular weight excluding hydrogens is 334 g/mol. The van der Waals surface area contributed by atoms with Crippen molar-refractivity contribution in [2.45, 2.75) is 39.9 Å². The molecule has 0 bridgehead atoms. The van der Waals surface area contributed by atoms with Crippen LogP contribution in [0, 0.1) is 19.8 Å². The van der Waals surface area contributed by atoms with E-state index in [4.69, 9.17) is 9.26 Å². The number of aromatic nitrogens is 3. The number of methoxy groups -OCH3 is 1. The van der Waals surface area contributed by atoms with E-state index in [-0.39, 0.29) is 12.5 Å². The lowest BCUT2D eigenvalue weighted by Crippen LogP contribution is -2.33. The number of aryl methyl sites for hydroxylation is 2. The minimum atomic E-state index is -0.0755. The maximum atomic E-state index is 11.6. The van der Waals surface area contributed by atoms with E-state index >= 15 is 0 Å². The van der Waals surface area contributed by atoms with Crippen LogP contribution in [0.15, 0.2) is 16.8 Å². The molecule has 3 rings (SSSR count). The van der Waals surface area contributed by atoms with Crippen LogP contribution < -0.4 is 5.32 Å². The maximum Gasteiger partial charge on any atom is 0.245 e. The fraction of sp³-hybridized carbons (Fsp3) is 0.611. The van der Waals surface area contributed by atoms with Gasteiger partial charge in [0.1, 0.15) is 12.4 Å². The highest BCUT2D eigenvalue weighted by atomic mass is 16.5. The van der Waals surface area contributed by atoms with Crippen molar-refractivity contribution in [3.63, 3.8) is 0 Å². The molecule has 0 spiro atoms. The van der Waals surface area contributed by atoms with Gasteiger partial charge in [-0.05, 0) is 32.3 Å². The highest BCUT2D eigenvalue weighted by molar-refractivity contribution is 5.77. The van der Waals surface area contributed by atoms with Crippen LogP contribution in [-0.2, 0) is 29.2 Å². The summed E-state index contributed by atoms with van der Waals surface area (Å²) in [6.45, 7) is 8.13. The number of hydrogen-bond acceptors (Lipinski definition) is 6. The standard InChI is InChI=1S/C18H27N5O3/c1-13-17(14(2)26-21-13)11-22-8-15(4-6-19-18(24)12-25-3)9-23-16(10-22)5-7-20-23/h5,7,15H,4,6,8-12H2,1-3H3,(H,19,24). The third-order valence-electron chi connectivity index (χ3n) is 4.85. The van der Waals surface area contributed by atoms with Crippen molar-refractivity contribution in [3.05, 3.63) is 35.0 Å². The first-order chi connectivity index (χ1) is 12.6. The van der Waals surface area contributed by atoms with E-state index in [1.807, 2.05) is 20.0 Å². The van der Waals surface area contributed by atoms with Crippen LogP contribution in [0.4, 0.5) is 0 Å². The molecule has 1 aliphatic heterocycles. The second kappa shape index (κ2) is 8.46. The molecule has 1 N–H and O–H groups in total. The van der Waals surface area contributed by atoms with E-state index in [0.717, 1.165) is 49.6 Å². The Morgan fingerprint density at radius 2 is 2.27 bits per heavy atom. The molecule has 1 amide bonds. The van der Waals surface area contributed by atoms with Crippen LogP contribution in [0.25, 0.3) is 0 Å². The molecule has 8 nitrogen and oxygen atoms in total. The molecule has 1 unspecified atom stereocenters. The minimum Gasteiger partial charge on any atom is -0.375 e. The van der Waals surface area contributed by atoms with E-state index < -0.39 is 0 Å². The Morgan fingerprint density at radius 3 is 3.00 bits per heavy atom. The Labute approximate surface area is 153 Å². The summed E-state index contributed by atoms with van der Waals surface area (Å²) in [5, 5.41) is 11.4. The molecular formula is C18H27N5O3. The number of carbonyl (C=O) groups is 1. The van der Waals surface area contributed by atoms with Crippen molar-refractivity contribution in [1.82, 2.24) is 25.2 Å². The van der Waals surface area contributed by atoms with Gasteiger partial charge in [-0.25, -0.2) is 0 Å². The quantitative estimate of drug-likeness (QED) is 0.799. The second-order valence-electron chi connectivity index (χ2n) is 6.91. The van der Waals surface area contributed by atoms with Crippen molar-refractivity contribution in [1.29, 1.82) is 0 Å². The molecule has 3 heterocycles. The van der Waals surface area contributed by atoms with Crippen LogP contribution in [0.1, 0.15) is 29.1 Å². The largest absolute Gasteiger partial charge is 0.375 e. The molecule has 8 heteroatoms. The van der Waals surface area contributed by atoms with Gasteiger partial charge in [0.05, 0.1) is 11.4 Å². The molecule has 0 fully saturated rings. The van der Waals surface area contributed by atoms with Gasteiger partial charge < -0.3 is 14.6 Å². The molecule has 142 valence electrons. The Morgan fingerprint density at radius 1 is 1.42 bits per heavy atom. The molecule has 0 aromatic carbocycles. The number of rotatable bonds is 7. The van der Waals surface area contributed by atoms with Crippen LogP contribution >= 0.6 is 0 Å². The van der Waals surface area contributed by atoms with E-state index in [2.05, 4.69) is 31.2 Å². The number of hydrogen-bond donors (Lipinski definition) is 1. The molecule has 2 aromatic rings. The van der Waals surface area contributed by atoms with Crippen molar-refractivity contribution in [3.8, 4) is 0 Å². The molecule has 1 aliphatic rings. The van der Waals surface area contributed by atoms with Gasteiger partial charge in [-0.1, -0.05) is 5.16 Å². The fourth-order valence-corrected chi connectivity index (χ4v) is 3.47. The van der Waals surface area contributed by atoms with Crippen LogP contribution in [0.5, 0.6) is 0 Å². The number of nitrogens with zero attached hydrogens (tertiary/aromatic N) is 4. The highest BCUT2D eigenvalue weighted by Crippen LogP contribution is 2.22. The van der Waals surface area contributed by atoms with Gasteiger partial charge in [-0.3, -0.25) is 14.4 Å². The summed E-state index contributed by atoms with van der Waals surface area (Å²) in [6, 6.07) is 2.07. The van der Waals surface area contributed by atoms with Gasteiger partial charge in [0.2, 0.25) is 5.91 Å². The molecule has 26 heavy (non-hydrogen) atoms. The Bertz CT molecular complexity index is 720. The Balaban J connectivity index is 1.65. The van der Waals surface area contributed by atoms with Crippen molar-refractivity contribution in [2.75, 3.05) is 26.8 Å². The summed E-state index contributed by atoms with van der Waals surface area (Å²) in [7, 11) is 1.52. The summed E-state index contributed by atoms with van der Waals surface area (Å²) in [5.41, 5.74) is 3.32. The van der Waals surface area contributed by atoms with Crippen LogP contribution in [0.3, 0.4) is 0 Å². The molecule has 2 aromatic heterocycles. The van der Waals surface area contributed by atoms with Crippen LogP contribution in [-0.4, -0.2) is 52.6 Å². The zero-order chi connectivity index (χ0) is 18.5. The lowest BCUT2D eigenvalue weighted by Gasteiger charge is -2.24. The van der Waals surface area contributed by atoms with E-state index in [1.54, 1.807) is 0 Å². The third-order valence-corrected chi connectivity index (χ3v) is 4.85. The topological polar surface area (TPSA) is 85.4 Å². The normalized spacial score (nSPS) is 17.7. The number of nitrogens with one attached hydrogen (secondary N) is 1. The first-order valence-corrected chi connectivity index (χ1v) is 8.97. The second-order valence-corrected chi connectivity index (χ2v) is 6.91. The first-order valence-electron chi connectivity index (χ1n) is 8.97. The number of ether oxygens (including phenoxy) is 1. The SMILES string of the molecule is COCC(=O)NCCC1CN(Cc2c(C)noc2C)Cc2ccnn2C1. The van der Waals surface area contributed by atoms with Gasteiger partial charge >= 0.3 is 0 Å². The highest BCUT2D eigenvalue weighted by Gasteiger charge is 2.24. The number of fused-ring (bicyclic) bond motifs is 1. The summed E-state index contributed by atoms with van der Waals surface area (Å²) in [6.07, 6.45) is 2.75. The summed E-state index contributed by atoms with van der Waals surface area (Å²) < 4.78 is 12.2. The zero-order valence-corrected chi connectivity index (χ0v) is 15.7. The Kier molecular flexibility index (Phi) is 6.05.